The Bertz CT molecular complexity index is 396. The van der Waals surface area contributed by atoms with Crippen LogP contribution in [0.25, 0.3) is 0 Å². The van der Waals surface area contributed by atoms with E-state index < -0.39 is 31.2 Å². The summed E-state index contributed by atoms with van der Waals surface area (Å²) in [5.41, 5.74) is -0.627. The number of hydrogen-bond acceptors (Lipinski definition) is 4. The number of aliphatic hydroxyl groups is 1. The molecule has 0 spiro atoms. The van der Waals surface area contributed by atoms with Crippen molar-refractivity contribution >= 4 is 0 Å². The number of rotatable bonds is 4. The van der Waals surface area contributed by atoms with Crippen LogP contribution < -0.4 is 10.2 Å². The summed E-state index contributed by atoms with van der Waals surface area (Å²) >= 11 is 0. The van der Waals surface area contributed by atoms with Crippen LogP contribution in [0.15, 0.2) is 21.5 Å². The minimum absolute atomic E-state index is 0.0215. The van der Waals surface area contributed by atoms with Crippen LogP contribution in [-0.4, -0.2) is 17.9 Å². The van der Waals surface area contributed by atoms with Gasteiger partial charge in [-0.15, -0.1) is 0 Å². The van der Waals surface area contributed by atoms with Gasteiger partial charge in [-0.1, -0.05) is 0 Å². The van der Waals surface area contributed by atoms with Gasteiger partial charge in [-0.2, -0.15) is 13.2 Å². The summed E-state index contributed by atoms with van der Waals surface area (Å²) in [6.45, 7) is -1.11. The fourth-order valence-electron chi connectivity index (χ4n) is 0.903. The maximum Gasteiger partial charge on any atom is 0.392 e. The van der Waals surface area contributed by atoms with E-state index in [1.165, 1.54) is 0 Å². The van der Waals surface area contributed by atoms with Crippen LogP contribution in [-0.2, 0) is 6.61 Å². The molecule has 0 aromatic carbocycles. The third-order valence-electron chi connectivity index (χ3n) is 1.65. The van der Waals surface area contributed by atoms with Crippen molar-refractivity contribution in [3.05, 3.63) is 28.3 Å². The summed E-state index contributed by atoms with van der Waals surface area (Å²) in [5, 5.41) is 8.61. The highest BCUT2D eigenvalue weighted by molar-refractivity contribution is 5.17. The van der Waals surface area contributed by atoms with Crippen LogP contribution in [0.2, 0.25) is 0 Å². The number of alkyl halides is 3. The molecule has 1 aromatic heterocycles. The highest BCUT2D eigenvalue weighted by atomic mass is 19.4. The average Bonchev–Trinajstić information content (AvgIpc) is 2.18. The Morgan fingerprint density at radius 1 is 1.44 bits per heavy atom. The molecule has 0 amide bonds. The first-order valence-electron chi connectivity index (χ1n) is 4.34. The van der Waals surface area contributed by atoms with Crippen molar-refractivity contribution in [3.63, 3.8) is 0 Å². The van der Waals surface area contributed by atoms with Crippen molar-refractivity contribution in [3.8, 4) is 5.75 Å². The number of ether oxygens (including phenoxy) is 1. The van der Waals surface area contributed by atoms with E-state index in [-0.39, 0.29) is 11.5 Å². The van der Waals surface area contributed by atoms with E-state index in [9.17, 15) is 18.0 Å². The van der Waals surface area contributed by atoms with Gasteiger partial charge in [0.05, 0.1) is 13.0 Å². The van der Waals surface area contributed by atoms with Gasteiger partial charge in [-0.05, 0) is 0 Å². The minimum atomic E-state index is -4.33. The summed E-state index contributed by atoms with van der Waals surface area (Å²) in [5.74, 6) is -0.283. The zero-order valence-corrected chi connectivity index (χ0v) is 8.08. The first kappa shape index (κ1) is 12.6. The predicted octanol–water partition coefficient (Wildman–Crippen LogP) is 1.46. The molecule has 0 unspecified atom stereocenters. The van der Waals surface area contributed by atoms with E-state index in [4.69, 9.17) is 9.52 Å². The monoisotopic (exact) mass is 238 g/mol. The van der Waals surface area contributed by atoms with Crippen molar-refractivity contribution < 1.29 is 27.4 Å². The Morgan fingerprint density at radius 3 is 2.62 bits per heavy atom. The van der Waals surface area contributed by atoms with Crippen molar-refractivity contribution in [2.45, 2.75) is 19.2 Å². The Morgan fingerprint density at radius 2 is 2.12 bits per heavy atom. The number of aliphatic hydroxyl groups excluding tert-OH is 1. The van der Waals surface area contributed by atoms with Crippen molar-refractivity contribution in [1.82, 2.24) is 0 Å². The van der Waals surface area contributed by atoms with Gasteiger partial charge in [0.25, 0.3) is 0 Å². The molecule has 0 atom stereocenters. The third-order valence-corrected chi connectivity index (χ3v) is 1.65. The summed E-state index contributed by atoms with van der Waals surface area (Å²) in [4.78, 5) is 11.2. The summed E-state index contributed by atoms with van der Waals surface area (Å²) in [6.07, 6.45) is -4.59. The topological polar surface area (TPSA) is 59.7 Å². The van der Waals surface area contributed by atoms with Gasteiger partial charge in [-0.3, -0.25) is 4.79 Å². The SMILES string of the molecule is O=c1cc(CO)occ1OCCC(F)(F)F. The molecular formula is C9H9F3O4. The molecule has 0 aliphatic heterocycles. The zero-order valence-electron chi connectivity index (χ0n) is 8.08. The van der Waals surface area contributed by atoms with E-state index in [0.717, 1.165) is 12.3 Å². The highest BCUT2D eigenvalue weighted by Gasteiger charge is 2.27. The molecule has 90 valence electrons. The molecule has 7 heteroatoms. The number of hydrogen-bond donors (Lipinski definition) is 1. The van der Waals surface area contributed by atoms with Gasteiger partial charge in [-0.25, -0.2) is 0 Å². The van der Waals surface area contributed by atoms with Crippen LogP contribution in [0.1, 0.15) is 12.2 Å². The molecule has 0 saturated heterocycles. The van der Waals surface area contributed by atoms with E-state index in [2.05, 4.69) is 4.74 Å². The summed E-state index contributed by atoms with van der Waals surface area (Å²) < 4.78 is 44.6. The van der Waals surface area contributed by atoms with E-state index in [1.54, 1.807) is 0 Å². The lowest BCUT2D eigenvalue weighted by atomic mass is 10.4. The highest BCUT2D eigenvalue weighted by Crippen LogP contribution is 2.19. The zero-order chi connectivity index (χ0) is 12.2. The van der Waals surface area contributed by atoms with Crippen LogP contribution in [0.5, 0.6) is 5.75 Å². The molecule has 1 aromatic rings. The molecule has 1 heterocycles. The van der Waals surface area contributed by atoms with Crippen LogP contribution in [0.4, 0.5) is 13.2 Å². The van der Waals surface area contributed by atoms with Crippen molar-refractivity contribution in [1.29, 1.82) is 0 Å². The minimum Gasteiger partial charge on any atom is -0.486 e. The Balaban J connectivity index is 2.58. The Kier molecular flexibility index (Phi) is 3.94. The summed E-state index contributed by atoms with van der Waals surface area (Å²) in [6, 6.07) is 0.961. The molecule has 0 aliphatic rings. The van der Waals surface area contributed by atoms with E-state index >= 15 is 0 Å². The third kappa shape index (κ3) is 3.93. The lowest BCUT2D eigenvalue weighted by molar-refractivity contribution is -0.139. The van der Waals surface area contributed by atoms with Crippen molar-refractivity contribution in [2.75, 3.05) is 6.61 Å². The molecule has 0 fully saturated rings. The first-order chi connectivity index (χ1) is 7.42. The van der Waals surface area contributed by atoms with Crippen LogP contribution in [0.3, 0.4) is 0 Å². The molecule has 4 nitrogen and oxygen atoms in total. The average molecular weight is 238 g/mol. The molecule has 0 aliphatic carbocycles. The first-order valence-corrected chi connectivity index (χ1v) is 4.34. The largest absolute Gasteiger partial charge is 0.486 e. The molecule has 0 bridgehead atoms. The molecule has 0 radical (unpaired) electrons. The van der Waals surface area contributed by atoms with E-state index in [1.807, 2.05) is 0 Å². The summed E-state index contributed by atoms with van der Waals surface area (Å²) in [7, 11) is 0. The van der Waals surface area contributed by atoms with Gasteiger partial charge in [0.2, 0.25) is 11.2 Å². The molecule has 0 saturated carbocycles. The Hall–Kier alpha value is -1.50. The molecular weight excluding hydrogens is 229 g/mol. The van der Waals surface area contributed by atoms with Gasteiger partial charge in [0, 0.05) is 6.07 Å². The van der Waals surface area contributed by atoms with Crippen LogP contribution in [0, 0.1) is 0 Å². The smallest absolute Gasteiger partial charge is 0.392 e. The Labute approximate surface area is 88.3 Å². The number of halogens is 3. The maximum atomic E-state index is 11.8. The van der Waals surface area contributed by atoms with E-state index in [0.29, 0.717) is 0 Å². The quantitative estimate of drug-likeness (QED) is 0.862. The fourth-order valence-corrected chi connectivity index (χ4v) is 0.903. The second-order valence-electron chi connectivity index (χ2n) is 2.95. The molecule has 1 rings (SSSR count). The maximum absolute atomic E-state index is 11.8. The molecule has 1 N–H and O–H groups in total. The van der Waals surface area contributed by atoms with Gasteiger partial charge >= 0.3 is 6.18 Å². The standard InChI is InChI=1S/C9H9F3O4/c10-9(11,12)1-2-15-8-5-16-6(4-13)3-7(8)14/h3,5,13H,1-2,4H2. The lowest BCUT2D eigenvalue weighted by Crippen LogP contribution is -2.15. The normalized spacial score (nSPS) is 11.5. The second-order valence-corrected chi connectivity index (χ2v) is 2.95. The fraction of sp³-hybridized carbons (Fsp3) is 0.444. The van der Waals surface area contributed by atoms with Crippen molar-refractivity contribution in [2.24, 2.45) is 0 Å². The molecule has 16 heavy (non-hydrogen) atoms. The van der Waals surface area contributed by atoms with Gasteiger partial charge in [0.15, 0.2) is 0 Å². The van der Waals surface area contributed by atoms with Crippen LogP contribution >= 0.6 is 0 Å². The van der Waals surface area contributed by atoms with Gasteiger partial charge in [0.1, 0.15) is 18.6 Å². The lowest BCUT2D eigenvalue weighted by Gasteiger charge is -2.07. The second kappa shape index (κ2) is 5.02. The predicted molar refractivity (Wildman–Crippen MR) is 47.1 cm³/mol. The van der Waals surface area contributed by atoms with Gasteiger partial charge < -0.3 is 14.3 Å².